The number of nitrogens with one attached hydrogen (secondary N) is 3. The lowest BCUT2D eigenvalue weighted by Gasteiger charge is -2.38. The first-order valence-corrected chi connectivity index (χ1v) is 14.3. The second kappa shape index (κ2) is 16.1. The predicted molar refractivity (Wildman–Crippen MR) is 149 cm³/mol. The number of ether oxygens (including phenoxy) is 3. The second-order valence-corrected chi connectivity index (χ2v) is 10.8. The highest BCUT2D eigenvalue weighted by Gasteiger charge is 2.32. The fraction of sp³-hybridized carbons (Fsp3) is 0.714. The number of benzene rings is 1. The van der Waals surface area contributed by atoms with Gasteiger partial charge in [-0.2, -0.15) is 0 Å². The lowest BCUT2D eigenvalue weighted by atomic mass is 9.86. The number of methoxy groups -OCH3 is 1. The number of nitrogens with zero attached hydrogens (tertiary/aromatic N) is 1. The molecule has 0 bridgehead atoms. The van der Waals surface area contributed by atoms with Crippen LogP contribution in [0.3, 0.4) is 0 Å². The molecular formula is C28H45ClN4O5. The number of alkyl carbamates (subject to hydrolysis) is 1. The van der Waals surface area contributed by atoms with Crippen LogP contribution < -0.4 is 16.0 Å². The molecule has 2 fully saturated rings. The number of urea groups is 1. The van der Waals surface area contributed by atoms with Crippen LogP contribution in [0.4, 0.5) is 9.59 Å². The lowest BCUT2D eigenvalue weighted by molar-refractivity contribution is -0.00884. The summed E-state index contributed by atoms with van der Waals surface area (Å²) in [5, 5.41) is 9.84. The molecule has 3 amide bonds. The summed E-state index contributed by atoms with van der Waals surface area (Å²) in [5.74, 6) is 0.631. The van der Waals surface area contributed by atoms with Gasteiger partial charge >= 0.3 is 12.1 Å². The number of hydrogen-bond donors (Lipinski definition) is 3. The van der Waals surface area contributed by atoms with Crippen molar-refractivity contribution in [1.29, 1.82) is 0 Å². The van der Waals surface area contributed by atoms with Gasteiger partial charge in [0.1, 0.15) is 0 Å². The van der Waals surface area contributed by atoms with Crippen molar-refractivity contribution < 1.29 is 23.8 Å². The third-order valence-electron chi connectivity index (χ3n) is 7.61. The van der Waals surface area contributed by atoms with Crippen molar-refractivity contribution in [1.82, 2.24) is 20.9 Å². The van der Waals surface area contributed by atoms with Crippen LogP contribution in [0.1, 0.15) is 55.8 Å². The standard InChI is InChI=1S/C28H45ClN4O5/c1-20-9-10-23(29)16-25(20)26(38-14-11-31-28(35)36-3)22-8-6-12-33(18-22)27(34)32-17-24(30-2)15-21-7-4-5-13-37-19-21/h9-10,16,21-22,24,26,30H,4-8,11-15,17-19H2,1-3H3,(H,31,35)(H,32,34)/t21-,22-,24+,26-/m1/s1. The first kappa shape index (κ1) is 30.5. The molecule has 10 heteroatoms. The van der Waals surface area contributed by atoms with Crippen LogP contribution >= 0.6 is 11.6 Å². The summed E-state index contributed by atoms with van der Waals surface area (Å²) < 4.78 is 16.7. The molecule has 2 aliphatic rings. The Hall–Kier alpha value is -2.07. The minimum atomic E-state index is -0.490. The van der Waals surface area contributed by atoms with Gasteiger partial charge < -0.3 is 35.1 Å². The molecule has 9 nitrogen and oxygen atoms in total. The molecule has 38 heavy (non-hydrogen) atoms. The van der Waals surface area contributed by atoms with E-state index in [1.165, 1.54) is 20.0 Å². The zero-order valence-corrected chi connectivity index (χ0v) is 23.9. The molecule has 0 spiro atoms. The number of halogens is 1. The summed E-state index contributed by atoms with van der Waals surface area (Å²) in [4.78, 5) is 26.5. The summed E-state index contributed by atoms with van der Waals surface area (Å²) in [6, 6.07) is 5.98. The van der Waals surface area contributed by atoms with Crippen molar-refractivity contribution in [3.63, 3.8) is 0 Å². The van der Waals surface area contributed by atoms with Gasteiger partial charge in [-0.15, -0.1) is 0 Å². The monoisotopic (exact) mass is 552 g/mol. The molecule has 0 saturated carbocycles. The molecule has 2 saturated heterocycles. The number of hydrogen-bond acceptors (Lipinski definition) is 6. The highest BCUT2D eigenvalue weighted by Crippen LogP contribution is 2.35. The topological polar surface area (TPSA) is 101 Å². The maximum atomic E-state index is 13.2. The average molecular weight is 553 g/mol. The van der Waals surface area contributed by atoms with E-state index >= 15 is 0 Å². The number of aryl methyl sites for hydroxylation is 1. The lowest BCUT2D eigenvalue weighted by Crippen LogP contribution is -2.50. The summed E-state index contributed by atoms with van der Waals surface area (Å²) >= 11 is 6.35. The van der Waals surface area contributed by atoms with Crippen molar-refractivity contribution in [3.8, 4) is 0 Å². The van der Waals surface area contributed by atoms with Crippen LogP contribution in [0.5, 0.6) is 0 Å². The molecule has 1 aromatic carbocycles. The number of likely N-dealkylation sites (N-methyl/N-ethyl adjacent to an activating group) is 1. The Bertz CT molecular complexity index is 881. The fourth-order valence-electron chi connectivity index (χ4n) is 5.43. The quantitative estimate of drug-likeness (QED) is 0.354. The predicted octanol–water partition coefficient (Wildman–Crippen LogP) is 4.28. The molecule has 1 aromatic rings. The Labute approximate surface area is 232 Å². The van der Waals surface area contributed by atoms with Gasteiger partial charge in [-0.25, -0.2) is 9.59 Å². The molecule has 0 aliphatic carbocycles. The number of likely N-dealkylation sites (tertiary alicyclic amines) is 1. The molecule has 0 unspecified atom stereocenters. The number of piperidine rings is 1. The molecule has 3 rings (SSSR count). The minimum absolute atomic E-state index is 0.0407. The van der Waals surface area contributed by atoms with Crippen LogP contribution in [-0.2, 0) is 14.2 Å². The first-order chi connectivity index (χ1) is 18.4. The summed E-state index contributed by atoms with van der Waals surface area (Å²) in [7, 11) is 3.29. The SMILES string of the molecule is CN[C@H](CNC(=O)N1CCC[C@@H]([C@@H](OCCNC(=O)OC)c2cc(Cl)ccc2C)C1)C[C@H]1CCCCOC1. The summed E-state index contributed by atoms with van der Waals surface area (Å²) in [5.41, 5.74) is 2.10. The minimum Gasteiger partial charge on any atom is -0.453 e. The van der Waals surface area contributed by atoms with Crippen molar-refractivity contribution in [2.75, 3.05) is 60.2 Å². The maximum absolute atomic E-state index is 13.2. The normalized spacial score (nSPS) is 21.7. The van der Waals surface area contributed by atoms with Gasteiger partial charge in [0.05, 0.1) is 19.8 Å². The fourth-order valence-corrected chi connectivity index (χ4v) is 5.62. The smallest absolute Gasteiger partial charge is 0.406 e. The van der Waals surface area contributed by atoms with Crippen LogP contribution in [0.25, 0.3) is 0 Å². The van der Waals surface area contributed by atoms with Crippen LogP contribution in [0, 0.1) is 18.8 Å². The third-order valence-corrected chi connectivity index (χ3v) is 7.84. The molecule has 4 atom stereocenters. The zero-order chi connectivity index (χ0) is 27.3. The first-order valence-electron chi connectivity index (χ1n) is 13.9. The Morgan fingerprint density at radius 1 is 1.21 bits per heavy atom. The van der Waals surface area contributed by atoms with Gasteiger partial charge in [-0.05, 0) is 75.3 Å². The number of carbonyl (C=O) groups is 2. The third kappa shape index (κ3) is 9.59. The maximum Gasteiger partial charge on any atom is 0.406 e. The van der Waals surface area contributed by atoms with Crippen molar-refractivity contribution in [3.05, 3.63) is 34.3 Å². The van der Waals surface area contributed by atoms with E-state index in [9.17, 15) is 9.59 Å². The van der Waals surface area contributed by atoms with Crippen molar-refractivity contribution in [2.24, 2.45) is 11.8 Å². The van der Waals surface area contributed by atoms with Crippen molar-refractivity contribution >= 4 is 23.7 Å². The van der Waals surface area contributed by atoms with Gasteiger partial charge in [0.2, 0.25) is 0 Å². The van der Waals surface area contributed by atoms with E-state index in [-0.39, 0.29) is 24.1 Å². The van der Waals surface area contributed by atoms with E-state index in [4.69, 9.17) is 21.1 Å². The van der Waals surface area contributed by atoms with E-state index in [0.717, 1.165) is 50.0 Å². The zero-order valence-electron chi connectivity index (χ0n) is 23.1. The molecular weight excluding hydrogens is 508 g/mol. The Morgan fingerprint density at radius 2 is 2.05 bits per heavy atom. The van der Waals surface area contributed by atoms with Crippen LogP contribution in [-0.4, -0.2) is 83.2 Å². The van der Waals surface area contributed by atoms with Crippen LogP contribution in [0.2, 0.25) is 5.02 Å². The largest absolute Gasteiger partial charge is 0.453 e. The summed E-state index contributed by atoms with van der Waals surface area (Å²) in [6.07, 6.45) is 5.60. The van der Waals surface area contributed by atoms with Crippen molar-refractivity contribution in [2.45, 2.75) is 57.6 Å². The van der Waals surface area contributed by atoms with E-state index in [1.807, 2.05) is 37.1 Å². The molecule has 0 radical (unpaired) electrons. The highest BCUT2D eigenvalue weighted by atomic mass is 35.5. The van der Waals surface area contributed by atoms with E-state index in [0.29, 0.717) is 43.7 Å². The second-order valence-electron chi connectivity index (χ2n) is 10.4. The molecule has 214 valence electrons. The van der Waals surface area contributed by atoms with Gasteiger partial charge in [-0.3, -0.25) is 0 Å². The molecule has 2 heterocycles. The number of carbonyl (C=O) groups excluding carboxylic acids is 2. The highest BCUT2D eigenvalue weighted by molar-refractivity contribution is 6.30. The summed E-state index contributed by atoms with van der Waals surface area (Å²) in [6.45, 7) is 6.25. The van der Waals surface area contributed by atoms with Crippen LogP contribution in [0.15, 0.2) is 18.2 Å². The number of amides is 3. The number of rotatable bonds is 11. The molecule has 0 aromatic heterocycles. The molecule has 3 N–H and O–H groups in total. The van der Waals surface area contributed by atoms with E-state index < -0.39 is 6.09 Å². The Kier molecular flexibility index (Phi) is 12.9. The Morgan fingerprint density at radius 3 is 2.84 bits per heavy atom. The van der Waals surface area contributed by atoms with Gasteiger partial charge in [0, 0.05) is 56.4 Å². The van der Waals surface area contributed by atoms with Gasteiger partial charge in [0.15, 0.2) is 0 Å². The van der Waals surface area contributed by atoms with Gasteiger partial charge in [0.25, 0.3) is 0 Å². The molecule has 2 aliphatic heterocycles. The van der Waals surface area contributed by atoms with E-state index in [2.05, 4.69) is 20.7 Å². The van der Waals surface area contributed by atoms with Gasteiger partial charge in [-0.1, -0.05) is 24.1 Å². The Balaban J connectivity index is 1.59. The average Bonchev–Trinajstić information content (AvgIpc) is 3.21. The van der Waals surface area contributed by atoms with E-state index in [1.54, 1.807) is 0 Å².